The highest BCUT2D eigenvalue weighted by Gasteiger charge is 2.31. The Bertz CT molecular complexity index is 247. The number of piperazine rings is 1. The Kier molecular flexibility index (Phi) is 5.67. The van der Waals surface area contributed by atoms with Crippen molar-refractivity contribution in [1.29, 1.82) is 0 Å². The van der Waals surface area contributed by atoms with Crippen molar-refractivity contribution in [3.05, 3.63) is 0 Å². The average molecular weight is 267 g/mol. The minimum Gasteiger partial charge on any atom is -0.329 e. The molecule has 0 aromatic rings. The minimum atomic E-state index is 0.603. The second kappa shape index (κ2) is 7.05. The zero-order chi connectivity index (χ0) is 13.8. The molecule has 1 saturated carbocycles. The number of nitrogens with two attached hydrogens (primary N) is 1. The van der Waals surface area contributed by atoms with Crippen molar-refractivity contribution in [2.24, 2.45) is 17.6 Å². The highest BCUT2D eigenvalue weighted by molar-refractivity contribution is 4.86. The molecule has 0 amide bonds. The molecule has 1 aliphatic carbocycles. The van der Waals surface area contributed by atoms with Crippen LogP contribution < -0.4 is 5.73 Å². The van der Waals surface area contributed by atoms with Crippen molar-refractivity contribution in [3.63, 3.8) is 0 Å². The smallest absolute Gasteiger partial charge is 0.0216 e. The Morgan fingerprint density at radius 3 is 2.05 bits per heavy atom. The van der Waals surface area contributed by atoms with Gasteiger partial charge in [0.25, 0.3) is 0 Å². The van der Waals surface area contributed by atoms with Crippen molar-refractivity contribution in [2.45, 2.75) is 58.5 Å². The van der Waals surface area contributed by atoms with Crippen molar-refractivity contribution >= 4 is 0 Å². The van der Waals surface area contributed by atoms with Gasteiger partial charge in [0.1, 0.15) is 0 Å². The maximum atomic E-state index is 5.87. The first-order valence-electron chi connectivity index (χ1n) is 8.32. The van der Waals surface area contributed by atoms with Gasteiger partial charge in [0.05, 0.1) is 0 Å². The standard InChI is InChI=1S/C16H33N3/c1-4-15(12-17)18-5-7-19(8-6-18)16-10-13(2)9-14(3)11-16/h13-16H,4-12,17H2,1-3H3. The van der Waals surface area contributed by atoms with Crippen LogP contribution in [0.2, 0.25) is 0 Å². The lowest BCUT2D eigenvalue weighted by atomic mass is 9.79. The fourth-order valence-corrected chi connectivity index (χ4v) is 4.24. The minimum absolute atomic E-state index is 0.603. The first-order chi connectivity index (χ1) is 9.13. The summed E-state index contributed by atoms with van der Waals surface area (Å²) in [5, 5.41) is 0. The Hall–Kier alpha value is -0.120. The van der Waals surface area contributed by atoms with Crippen LogP contribution in [0.5, 0.6) is 0 Å². The molecule has 1 saturated heterocycles. The van der Waals surface area contributed by atoms with E-state index < -0.39 is 0 Å². The zero-order valence-electron chi connectivity index (χ0n) is 13.1. The molecule has 0 spiro atoms. The topological polar surface area (TPSA) is 32.5 Å². The second-order valence-electron chi connectivity index (χ2n) is 6.94. The third kappa shape index (κ3) is 3.93. The molecule has 0 aromatic carbocycles. The normalized spacial score (nSPS) is 36.3. The summed E-state index contributed by atoms with van der Waals surface area (Å²) in [6.45, 7) is 12.9. The molecule has 3 atom stereocenters. The largest absolute Gasteiger partial charge is 0.329 e. The first kappa shape index (κ1) is 15.3. The van der Waals surface area contributed by atoms with Gasteiger partial charge in [-0.25, -0.2) is 0 Å². The number of nitrogens with zero attached hydrogens (tertiary/aromatic N) is 2. The molecule has 112 valence electrons. The summed E-state index contributed by atoms with van der Waals surface area (Å²) < 4.78 is 0. The van der Waals surface area contributed by atoms with Gasteiger partial charge in [-0.15, -0.1) is 0 Å². The van der Waals surface area contributed by atoms with Gasteiger partial charge in [0.2, 0.25) is 0 Å². The average Bonchev–Trinajstić information content (AvgIpc) is 2.40. The summed E-state index contributed by atoms with van der Waals surface area (Å²) in [7, 11) is 0. The lowest BCUT2D eigenvalue weighted by Gasteiger charge is -2.45. The summed E-state index contributed by atoms with van der Waals surface area (Å²) in [6.07, 6.45) is 5.45. The van der Waals surface area contributed by atoms with Crippen LogP contribution in [0.25, 0.3) is 0 Å². The molecule has 3 unspecified atom stereocenters. The van der Waals surface area contributed by atoms with E-state index in [0.717, 1.165) is 24.4 Å². The van der Waals surface area contributed by atoms with E-state index in [9.17, 15) is 0 Å². The van der Waals surface area contributed by atoms with Gasteiger partial charge in [0.15, 0.2) is 0 Å². The van der Waals surface area contributed by atoms with Crippen molar-refractivity contribution in [2.75, 3.05) is 32.7 Å². The second-order valence-corrected chi connectivity index (χ2v) is 6.94. The molecule has 1 aliphatic heterocycles. The first-order valence-corrected chi connectivity index (χ1v) is 8.32. The van der Waals surface area contributed by atoms with Gasteiger partial charge in [0, 0.05) is 44.8 Å². The molecule has 0 bridgehead atoms. The van der Waals surface area contributed by atoms with E-state index in [4.69, 9.17) is 5.73 Å². The molecule has 19 heavy (non-hydrogen) atoms. The van der Waals surface area contributed by atoms with Crippen LogP contribution in [0.3, 0.4) is 0 Å². The van der Waals surface area contributed by atoms with Gasteiger partial charge in [-0.3, -0.25) is 9.80 Å². The van der Waals surface area contributed by atoms with Crippen LogP contribution in [0.4, 0.5) is 0 Å². The van der Waals surface area contributed by atoms with Gasteiger partial charge in [-0.1, -0.05) is 20.8 Å². The third-order valence-corrected chi connectivity index (χ3v) is 5.28. The maximum absolute atomic E-state index is 5.87. The van der Waals surface area contributed by atoms with E-state index in [1.54, 1.807) is 0 Å². The molecule has 2 rings (SSSR count). The predicted octanol–water partition coefficient (Wildman–Crippen LogP) is 2.17. The molecule has 0 radical (unpaired) electrons. The van der Waals surface area contributed by atoms with Gasteiger partial charge in [-0.05, 0) is 37.5 Å². The highest BCUT2D eigenvalue weighted by Crippen LogP contribution is 2.32. The van der Waals surface area contributed by atoms with Crippen molar-refractivity contribution in [1.82, 2.24) is 9.80 Å². The molecule has 2 fully saturated rings. The molecular formula is C16H33N3. The van der Waals surface area contributed by atoms with Crippen molar-refractivity contribution in [3.8, 4) is 0 Å². The van der Waals surface area contributed by atoms with E-state index in [2.05, 4.69) is 30.6 Å². The molecule has 3 heteroatoms. The fraction of sp³-hybridized carbons (Fsp3) is 1.00. The molecule has 2 aliphatic rings. The fourth-order valence-electron chi connectivity index (χ4n) is 4.24. The van der Waals surface area contributed by atoms with E-state index >= 15 is 0 Å². The summed E-state index contributed by atoms with van der Waals surface area (Å²) in [4.78, 5) is 5.36. The van der Waals surface area contributed by atoms with Crippen LogP contribution >= 0.6 is 0 Å². The van der Waals surface area contributed by atoms with Crippen LogP contribution in [0, 0.1) is 11.8 Å². The predicted molar refractivity (Wildman–Crippen MR) is 82.2 cm³/mol. The van der Waals surface area contributed by atoms with E-state index in [0.29, 0.717) is 6.04 Å². The van der Waals surface area contributed by atoms with Gasteiger partial charge >= 0.3 is 0 Å². The van der Waals surface area contributed by atoms with Gasteiger partial charge < -0.3 is 5.73 Å². The SMILES string of the molecule is CCC(CN)N1CCN(C2CC(C)CC(C)C2)CC1. The van der Waals surface area contributed by atoms with Crippen molar-refractivity contribution < 1.29 is 0 Å². The Balaban J connectivity index is 1.82. The Labute approximate surface area is 119 Å². The third-order valence-electron chi connectivity index (χ3n) is 5.28. The van der Waals surface area contributed by atoms with Crippen LogP contribution in [-0.2, 0) is 0 Å². The Morgan fingerprint density at radius 1 is 1.00 bits per heavy atom. The molecule has 0 aromatic heterocycles. The molecule has 1 heterocycles. The van der Waals surface area contributed by atoms with E-state index in [-0.39, 0.29) is 0 Å². The number of hydrogen-bond acceptors (Lipinski definition) is 3. The summed E-state index contributed by atoms with van der Waals surface area (Å²) in [5.74, 6) is 1.83. The molecule has 2 N–H and O–H groups in total. The zero-order valence-corrected chi connectivity index (χ0v) is 13.1. The maximum Gasteiger partial charge on any atom is 0.0216 e. The lowest BCUT2D eigenvalue weighted by Crippen LogP contribution is -2.55. The summed E-state index contributed by atoms with van der Waals surface area (Å²) >= 11 is 0. The van der Waals surface area contributed by atoms with Crippen LogP contribution in [0.1, 0.15) is 46.5 Å². The number of rotatable bonds is 4. The summed E-state index contributed by atoms with van der Waals surface area (Å²) in [5.41, 5.74) is 5.87. The number of hydrogen-bond donors (Lipinski definition) is 1. The van der Waals surface area contributed by atoms with E-state index in [1.807, 2.05) is 0 Å². The van der Waals surface area contributed by atoms with Crippen LogP contribution in [0.15, 0.2) is 0 Å². The monoisotopic (exact) mass is 267 g/mol. The lowest BCUT2D eigenvalue weighted by molar-refractivity contribution is 0.0403. The van der Waals surface area contributed by atoms with Crippen LogP contribution in [-0.4, -0.2) is 54.6 Å². The quantitative estimate of drug-likeness (QED) is 0.847. The molecule has 3 nitrogen and oxygen atoms in total. The van der Waals surface area contributed by atoms with Gasteiger partial charge in [-0.2, -0.15) is 0 Å². The highest BCUT2D eigenvalue weighted by atomic mass is 15.3. The Morgan fingerprint density at radius 2 is 1.58 bits per heavy atom. The molecular weight excluding hydrogens is 234 g/mol. The summed E-state index contributed by atoms with van der Waals surface area (Å²) in [6, 6.07) is 1.45. The van der Waals surface area contributed by atoms with E-state index in [1.165, 1.54) is 51.9 Å².